The van der Waals surface area contributed by atoms with E-state index in [4.69, 9.17) is 0 Å². The fourth-order valence-corrected chi connectivity index (χ4v) is 3.28. The monoisotopic (exact) mass is 351 g/mol. The van der Waals surface area contributed by atoms with Gasteiger partial charge in [0.05, 0.1) is 0 Å². The number of hydrogen-bond donors (Lipinski definition) is 2. The topological polar surface area (TPSA) is 49.3 Å². The lowest BCUT2D eigenvalue weighted by Crippen LogP contribution is -2.15. The number of aryl methyl sites for hydroxylation is 1. The SMILES string of the molecule is CCCc1cc(C2CC2)c(NC(=O)c2ccc(C(C)(C)C)cc2)cc1O. The molecule has 1 amide bonds. The third-order valence-corrected chi connectivity index (χ3v) is 5.05. The average molecular weight is 351 g/mol. The minimum Gasteiger partial charge on any atom is -0.508 e. The number of phenolic OH excluding ortho intramolecular Hbond substituents is 1. The van der Waals surface area contributed by atoms with Gasteiger partial charge in [-0.1, -0.05) is 46.2 Å². The van der Waals surface area contributed by atoms with Gasteiger partial charge < -0.3 is 10.4 Å². The number of benzene rings is 2. The van der Waals surface area contributed by atoms with E-state index in [9.17, 15) is 9.90 Å². The smallest absolute Gasteiger partial charge is 0.255 e. The highest BCUT2D eigenvalue weighted by Gasteiger charge is 2.28. The van der Waals surface area contributed by atoms with E-state index in [0.29, 0.717) is 11.5 Å². The van der Waals surface area contributed by atoms with Gasteiger partial charge in [0, 0.05) is 17.3 Å². The summed E-state index contributed by atoms with van der Waals surface area (Å²) < 4.78 is 0. The Labute approximate surface area is 156 Å². The van der Waals surface area contributed by atoms with Gasteiger partial charge in [-0.3, -0.25) is 4.79 Å². The quantitative estimate of drug-likeness (QED) is 0.718. The van der Waals surface area contributed by atoms with Crippen molar-refractivity contribution >= 4 is 11.6 Å². The molecule has 1 saturated carbocycles. The van der Waals surface area contributed by atoms with Gasteiger partial charge in [-0.2, -0.15) is 0 Å². The molecule has 0 aliphatic heterocycles. The zero-order valence-corrected chi connectivity index (χ0v) is 16.2. The second kappa shape index (κ2) is 7.14. The Morgan fingerprint density at radius 2 is 1.81 bits per heavy atom. The number of rotatable bonds is 5. The summed E-state index contributed by atoms with van der Waals surface area (Å²) in [5, 5.41) is 13.3. The molecule has 138 valence electrons. The number of phenols is 1. The fraction of sp³-hybridized carbons (Fsp3) is 0.435. The third-order valence-electron chi connectivity index (χ3n) is 5.05. The number of carbonyl (C=O) groups is 1. The van der Waals surface area contributed by atoms with Gasteiger partial charge in [0.15, 0.2) is 0 Å². The molecule has 1 aliphatic rings. The Morgan fingerprint density at radius 1 is 1.15 bits per heavy atom. The zero-order valence-electron chi connectivity index (χ0n) is 16.2. The summed E-state index contributed by atoms with van der Waals surface area (Å²) in [4.78, 5) is 12.7. The minimum absolute atomic E-state index is 0.0645. The molecule has 1 fully saturated rings. The van der Waals surface area contributed by atoms with Gasteiger partial charge in [-0.15, -0.1) is 0 Å². The van der Waals surface area contributed by atoms with Crippen LogP contribution in [-0.4, -0.2) is 11.0 Å². The second-order valence-corrected chi connectivity index (χ2v) is 8.37. The van der Waals surface area contributed by atoms with Gasteiger partial charge in [0.2, 0.25) is 0 Å². The Balaban J connectivity index is 1.84. The molecule has 0 aromatic heterocycles. The lowest BCUT2D eigenvalue weighted by Gasteiger charge is -2.19. The van der Waals surface area contributed by atoms with Gasteiger partial charge >= 0.3 is 0 Å². The first-order valence-electron chi connectivity index (χ1n) is 9.57. The zero-order chi connectivity index (χ0) is 18.9. The molecular weight excluding hydrogens is 322 g/mol. The van der Waals surface area contributed by atoms with Crippen LogP contribution in [0.15, 0.2) is 36.4 Å². The molecule has 0 heterocycles. The summed E-state index contributed by atoms with van der Waals surface area (Å²) >= 11 is 0. The Kier molecular flexibility index (Phi) is 5.08. The van der Waals surface area contributed by atoms with Crippen LogP contribution in [0.25, 0.3) is 0 Å². The Hall–Kier alpha value is -2.29. The first-order chi connectivity index (χ1) is 12.3. The van der Waals surface area contributed by atoms with E-state index >= 15 is 0 Å². The van der Waals surface area contributed by atoms with Crippen LogP contribution in [-0.2, 0) is 11.8 Å². The number of nitrogens with one attached hydrogen (secondary N) is 1. The Bertz CT molecular complexity index is 796. The highest BCUT2D eigenvalue weighted by Crippen LogP contribution is 2.45. The van der Waals surface area contributed by atoms with Crippen molar-refractivity contribution in [3.63, 3.8) is 0 Å². The number of amides is 1. The minimum atomic E-state index is -0.130. The molecule has 0 saturated heterocycles. The van der Waals surface area contributed by atoms with Crippen LogP contribution >= 0.6 is 0 Å². The highest BCUT2D eigenvalue weighted by atomic mass is 16.3. The standard InChI is InChI=1S/C23H29NO2/c1-5-6-17-13-19(15-7-8-15)20(14-21(17)25)24-22(26)16-9-11-18(12-10-16)23(2,3)4/h9-15,25H,5-8H2,1-4H3,(H,24,26). The molecule has 0 unspecified atom stereocenters. The van der Waals surface area contributed by atoms with Crippen molar-refractivity contribution in [1.82, 2.24) is 0 Å². The molecule has 26 heavy (non-hydrogen) atoms. The maximum atomic E-state index is 12.7. The van der Waals surface area contributed by atoms with Crippen LogP contribution in [0.2, 0.25) is 0 Å². The van der Waals surface area contributed by atoms with Crippen molar-refractivity contribution in [1.29, 1.82) is 0 Å². The first-order valence-corrected chi connectivity index (χ1v) is 9.57. The third kappa shape index (κ3) is 4.09. The van der Waals surface area contributed by atoms with E-state index in [1.165, 1.54) is 5.56 Å². The lowest BCUT2D eigenvalue weighted by atomic mass is 9.86. The summed E-state index contributed by atoms with van der Waals surface area (Å²) in [5.74, 6) is 0.648. The number of aromatic hydroxyl groups is 1. The highest BCUT2D eigenvalue weighted by molar-refractivity contribution is 6.05. The van der Waals surface area contributed by atoms with Crippen molar-refractivity contribution < 1.29 is 9.90 Å². The number of hydrogen-bond acceptors (Lipinski definition) is 2. The maximum absolute atomic E-state index is 12.7. The largest absolute Gasteiger partial charge is 0.508 e. The normalized spacial score (nSPS) is 14.3. The summed E-state index contributed by atoms with van der Waals surface area (Å²) in [5.41, 5.74) is 4.78. The molecular formula is C23H29NO2. The number of anilines is 1. The molecule has 3 rings (SSSR count). The van der Waals surface area contributed by atoms with E-state index in [0.717, 1.165) is 42.5 Å². The molecule has 3 heteroatoms. The van der Waals surface area contributed by atoms with Crippen molar-refractivity contribution in [2.75, 3.05) is 5.32 Å². The number of carbonyl (C=O) groups excluding carboxylic acids is 1. The van der Waals surface area contributed by atoms with Crippen molar-refractivity contribution in [3.8, 4) is 5.75 Å². The van der Waals surface area contributed by atoms with Crippen molar-refractivity contribution in [3.05, 3.63) is 58.7 Å². The maximum Gasteiger partial charge on any atom is 0.255 e. The molecule has 3 nitrogen and oxygen atoms in total. The van der Waals surface area contributed by atoms with E-state index in [-0.39, 0.29) is 17.1 Å². The molecule has 0 spiro atoms. The van der Waals surface area contributed by atoms with Crippen molar-refractivity contribution in [2.45, 2.75) is 64.7 Å². The van der Waals surface area contributed by atoms with Crippen LogP contribution in [0.5, 0.6) is 5.75 Å². The van der Waals surface area contributed by atoms with E-state index in [1.807, 2.05) is 24.3 Å². The molecule has 1 aliphatic carbocycles. The molecule has 0 atom stereocenters. The van der Waals surface area contributed by atoms with Crippen LogP contribution < -0.4 is 5.32 Å². The summed E-state index contributed by atoms with van der Waals surface area (Å²) in [6, 6.07) is 11.6. The second-order valence-electron chi connectivity index (χ2n) is 8.37. The first kappa shape index (κ1) is 18.5. The van der Waals surface area contributed by atoms with Gasteiger partial charge in [-0.25, -0.2) is 0 Å². The lowest BCUT2D eigenvalue weighted by molar-refractivity contribution is 0.102. The van der Waals surface area contributed by atoms with E-state index in [1.54, 1.807) is 6.07 Å². The van der Waals surface area contributed by atoms with E-state index in [2.05, 4.69) is 39.1 Å². The summed E-state index contributed by atoms with van der Waals surface area (Å²) in [6.45, 7) is 8.58. The van der Waals surface area contributed by atoms with Crippen LogP contribution in [0.3, 0.4) is 0 Å². The van der Waals surface area contributed by atoms with Gasteiger partial charge in [0.1, 0.15) is 5.75 Å². The predicted octanol–water partition coefficient (Wildman–Crippen LogP) is 5.77. The molecule has 0 bridgehead atoms. The summed E-state index contributed by atoms with van der Waals surface area (Å²) in [7, 11) is 0. The van der Waals surface area contributed by atoms with Crippen LogP contribution in [0.1, 0.15) is 79.9 Å². The molecule has 2 aromatic carbocycles. The van der Waals surface area contributed by atoms with Crippen LogP contribution in [0, 0.1) is 0 Å². The predicted molar refractivity (Wildman–Crippen MR) is 107 cm³/mol. The molecule has 0 radical (unpaired) electrons. The molecule has 2 N–H and O–H groups in total. The van der Waals surface area contributed by atoms with Crippen LogP contribution in [0.4, 0.5) is 5.69 Å². The van der Waals surface area contributed by atoms with E-state index < -0.39 is 0 Å². The average Bonchev–Trinajstić information content (AvgIpc) is 3.41. The van der Waals surface area contributed by atoms with Crippen molar-refractivity contribution in [2.24, 2.45) is 0 Å². The summed E-state index contributed by atoms with van der Waals surface area (Å²) in [6.07, 6.45) is 4.15. The fourth-order valence-electron chi connectivity index (χ4n) is 3.28. The van der Waals surface area contributed by atoms with Gasteiger partial charge in [-0.05, 0) is 65.5 Å². The Morgan fingerprint density at radius 3 is 2.35 bits per heavy atom. The molecule has 2 aromatic rings. The van der Waals surface area contributed by atoms with Gasteiger partial charge in [0.25, 0.3) is 5.91 Å².